The molecule has 1 fully saturated rings. The van der Waals surface area contributed by atoms with Crippen molar-refractivity contribution in [2.75, 3.05) is 6.54 Å². The average molecular weight is 263 g/mol. The van der Waals surface area contributed by atoms with E-state index in [9.17, 15) is 9.59 Å². The van der Waals surface area contributed by atoms with Crippen molar-refractivity contribution in [3.05, 3.63) is 30.3 Å². The first-order valence-corrected chi connectivity index (χ1v) is 6.32. The average Bonchev–Trinajstić information content (AvgIpc) is 2.33. The highest BCUT2D eigenvalue weighted by Crippen LogP contribution is 2.43. The summed E-state index contributed by atoms with van der Waals surface area (Å²) in [5.74, 6) is -0.348. The topological polar surface area (TPSA) is 75.6 Å². The first-order valence-electron chi connectivity index (χ1n) is 6.32. The minimum Gasteiger partial charge on any atom is -0.481 e. The third-order valence-electron chi connectivity index (χ3n) is 3.50. The van der Waals surface area contributed by atoms with Gasteiger partial charge in [0, 0.05) is 6.54 Å². The molecule has 5 heteroatoms. The molecule has 2 N–H and O–H groups in total. The molecule has 1 aliphatic rings. The second-order valence-electron chi connectivity index (χ2n) is 4.98. The number of carboxylic acid groups (broad SMARTS) is 1. The zero-order valence-corrected chi connectivity index (χ0v) is 10.6. The van der Waals surface area contributed by atoms with Crippen LogP contribution < -0.4 is 10.1 Å². The van der Waals surface area contributed by atoms with Gasteiger partial charge in [-0.1, -0.05) is 24.6 Å². The van der Waals surface area contributed by atoms with Gasteiger partial charge in [0.1, 0.15) is 5.75 Å². The summed E-state index contributed by atoms with van der Waals surface area (Å²) < 4.78 is 5.09. The lowest BCUT2D eigenvalue weighted by atomic mass is 9.66. The lowest BCUT2D eigenvalue weighted by molar-refractivity contribution is -0.141. The van der Waals surface area contributed by atoms with Crippen LogP contribution in [-0.4, -0.2) is 23.7 Å². The molecule has 0 aromatic heterocycles. The van der Waals surface area contributed by atoms with Crippen LogP contribution in [-0.2, 0) is 4.79 Å². The van der Waals surface area contributed by atoms with Gasteiger partial charge >= 0.3 is 12.1 Å². The number of carbonyl (C=O) groups excluding carboxylic acids is 1. The van der Waals surface area contributed by atoms with Crippen molar-refractivity contribution in [3.63, 3.8) is 0 Å². The van der Waals surface area contributed by atoms with Crippen molar-refractivity contribution in [1.82, 2.24) is 5.32 Å². The summed E-state index contributed by atoms with van der Waals surface area (Å²) in [5.41, 5.74) is -0.290. The number of carboxylic acids is 1. The minimum absolute atomic E-state index is 0.0959. The van der Waals surface area contributed by atoms with E-state index in [-0.39, 0.29) is 11.8 Å². The number of amides is 1. The van der Waals surface area contributed by atoms with Crippen LogP contribution in [0.5, 0.6) is 5.75 Å². The van der Waals surface area contributed by atoms with Gasteiger partial charge in [-0.3, -0.25) is 4.79 Å². The summed E-state index contributed by atoms with van der Waals surface area (Å²) in [6.45, 7) is 0.352. The molecule has 19 heavy (non-hydrogen) atoms. The molecular weight excluding hydrogens is 246 g/mol. The van der Waals surface area contributed by atoms with Gasteiger partial charge in [0.25, 0.3) is 0 Å². The van der Waals surface area contributed by atoms with Crippen molar-refractivity contribution in [3.8, 4) is 5.75 Å². The van der Waals surface area contributed by atoms with Crippen molar-refractivity contribution < 1.29 is 19.4 Å². The van der Waals surface area contributed by atoms with E-state index >= 15 is 0 Å². The Bertz CT molecular complexity index is 454. The van der Waals surface area contributed by atoms with Gasteiger partial charge in [-0.15, -0.1) is 0 Å². The molecule has 1 aromatic carbocycles. The van der Waals surface area contributed by atoms with Crippen LogP contribution >= 0.6 is 0 Å². The second-order valence-corrected chi connectivity index (χ2v) is 4.98. The van der Waals surface area contributed by atoms with Gasteiger partial charge in [0.05, 0.1) is 6.42 Å². The molecule has 0 unspecified atom stereocenters. The van der Waals surface area contributed by atoms with Crippen LogP contribution in [0, 0.1) is 5.41 Å². The third-order valence-corrected chi connectivity index (χ3v) is 3.50. The number of hydrogen-bond acceptors (Lipinski definition) is 3. The number of benzene rings is 1. The first-order chi connectivity index (χ1) is 9.10. The largest absolute Gasteiger partial charge is 0.481 e. The van der Waals surface area contributed by atoms with E-state index in [2.05, 4.69) is 5.32 Å². The molecule has 0 atom stereocenters. The zero-order valence-electron chi connectivity index (χ0n) is 10.6. The molecule has 102 valence electrons. The molecule has 1 amide bonds. The SMILES string of the molecule is O=C(O)CC1(CNC(=O)Oc2ccccc2)CCC1. The fraction of sp³-hybridized carbons (Fsp3) is 0.429. The predicted octanol–water partition coefficient (Wildman–Crippen LogP) is 2.42. The number of rotatable bonds is 5. The molecule has 0 heterocycles. The summed E-state index contributed by atoms with van der Waals surface area (Å²) in [7, 11) is 0. The highest BCUT2D eigenvalue weighted by molar-refractivity contribution is 5.71. The highest BCUT2D eigenvalue weighted by Gasteiger charge is 2.39. The van der Waals surface area contributed by atoms with Gasteiger partial charge < -0.3 is 15.2 Å². The zero-order chi connectivity index (χ0) is 13.7. The van der Waals surface area contributed by atoms with Gasteiger partial charge in [0.15, 0.2) is 0 Å². The Balaban J connectivity index is 1.81. The van der Waals surface area contributed by atoms with Gasteiger partial charge in [0.2, 0.25) is 0 Å². The van der Waals surface area contributed by atoms with Crippen molar-refractivity contribution in [2.24, 2.45) is 5.41 Å². The van der Waals surface area contributed by atoms with Gasteiger partial charge in [-0.05, 0) is 30.4 Å². The fourth-order valence-corrected chi connectivity index (χ4v) is 2.30. The quantitative estimate of drug-likeness (QED) is 0.855. The number of ether oxygens (including phenoxy) is 1. The molecule has 1 saturated carbocycles. The van der Waals surface area contributed by atoms with Crippen molar-refractivity contribution >= 4 is 12.1 Å². The second kappa shape index (κ2) is 5.73. The Kier molecular flexibility index (Phi) is 4.04. The molecule has 0 spiro atoms. The highest BCUT2D eigenvalue weighted by atomic mass is 16.6. The van der Waals surface area contributed by atoms with Crippen LogP contribution in [0.3, 0.4) is 0 Å². The summed E-state index contributed by atoms with van der Waals surface area (Å²) in [6, 6.07) is 8.77. The molecule has 0 radical (unpaired) electrons. The summed E-state index contributed by atoms with van der Waals surface area (Å²) in [5, 5.41) is 11.5. The maximum atomic E-state index is 11.6. The molecule has 0 saturated heterocycles. The maximum Gasteiger partial charge on any atom is 0.412 e. The normalized spacial score (nSPS) is 16.2. The molecule has 1 aromatic rings. The molecule has 5 nitrogen and oxygen atoms in total. The Hall–Kier alpha value is -2.04. The molecule has 1 aliphatic carbocycles. The number of hydrogen-bond donors (Lipinski definition) is 2. The van der Waals surface area contributed by atoms with E-state index < -0.39 is 12.1 Å². The van der Waals surface area contributed by atoms with E-state index in [1.807, 2.05) is 6.07 Å². The van der Waals surface area contributed by atoms with E-state index in [0.717, 1.165) is 19.3 Å². The smallest absolute Gasteiger partial charge is 0.412 e. The third kappa shape index (κ3) is 3.71. The standard InChI is InChI=1S/C14H17NO4/c16-12(17)9-14(7-4-8-14)10-15-13(18)19-11-5-2-1-3-6-11/h1-3,5-6H,4,7-10H2,(H,15,18)(H,16,17). The van der Waals surface area contributed by atoms with Crippen LogP contribution in [0.4, 0.5) is 4.79 Å². The molecule has 0 bridgehead atoms. The molecule has 2 rings (SSSR count). The number of carbonyl (C=O) groups is 2. The number of aliphatic carboxylic acids is 1. The van der Waals surface area contributed by atoms with Crippen LogP contribution in [0.15, 0.2) is 30.3 Å². The van der Waals surface area contributed by atoms with Crippen LogP contribution in [0.25, 0.3) is 0 Å². The lowest BCUT2D eigenvalue weighted by Crippen LogP contribution is -2.44. The monoisotopic (exact) mass is 263 g/mol. The van der Waals surface area contributed by atoms with E-state index in [1.54, 1.807) is 24.3 Å². The lowest BCUT2D eigenvalue weighted by Gasteiger charge is -2.40. The summed E-state index contributed by atoms with van der Waals surface area (Å²) in [4.78, 5) is 22.4. The van der Waals surface area contributed by atoms with Crippen molar-refractivity contribution in [2.45, 2.75) is 25.7 Å². The predicted molar refractivity (Wildman–Crippen MR) is 69.0 cm³/mol. The fourth-order valence-electron chi connectivity index (χ4n) is 2.30. The Labute approximate surface area is 111 Å². The van der Waals surface area contributed by atoms with Crippen LogP contribution in [0.2, 0.25) is 0 Å². The summed E-state index contributed by atoms with van der Waals surface area (Å²) in [6.07, 6.45) is 2.25. The molecular formula is C14H17NO4. The van der Waals surface area contributed by atoms with Gasteiger partial charge in [-0.25, -0.2) is 4.79 Å². The Morgan fingerprint density at radius 3 is 2.47 bits per heavy atom. The number of para-hydroxylation sites is 1. The first kappa shape index (κ1) is 13.4. The summed E-state index contributed by atoms with van der Waals surface area (Å²) >= 11 is 0. The minimum atomic E-state index is -0.821. The molecule has 0 aliphatic heterocycles. The van der Waals surface area contributed by atoms with Crippen LogP contribution in [0.1, 0.15) is 25.7 Å². The number of nitrogens with one attached hydrogen (secondary N) is 1. The van der Waals surface area contributed by atoms with Crippen molar-refractivity contribution in [1.29, 1.82) is 0 Å². The van der Waals surface area contributed by atoms with E-state index in [4.69, 9.17) is 9.84 Å². The Morgan fingerprint density at radius 2 is 1.95 bits per heavy atom. The van der Waals surface area contributed by atoms with Gasteiger partial charge in [-0.2, -0.15) is 0 Å². The maximum absolute atomic E-state index is 11.6. The van der Waals surface area contributed by atoms with E-state index in [1.165, 1.54) is 0 Å². The van der Waals surface area contributed by atoms with E-state index in [0.29, 0.717) is 12.3 Å². The Morgan fingerprint density at radius 1 is 1.26 bits per heavy atom.